The molecule has 0 aliphatic rings. The number of nitrogens with two attached hydrogens (primary N) is 1. The number of methoxy groups -OCH3 is 1. The van der Waals surface area contributed by atoms with Gasteiger partial charge in [0.1, 0.15) is 5.82 Å². The molecule has 0 aliphatic heterocycles. The maximum Gasteiger partial charge on any atom is 0.360 e. The van der Waals surface area contributed by atoms with E-state index in [-0.39, 0.29) is 11.5 Å². The summed E-state index contributed by atoms with van der Waals surface area (Å²) in [5.41, 5.74) is 5.87. The van der Waals surface area contributed by atoms with Gasteiger partial charge in [0, 0.05) is 13.0 Å². The van der Waals surface area contributed by atoms with E-state index in [2.05, 4.69) is 24.4 Å². The summed E-state index contributed by atoms with van der Waals surface area (Å²) >= 11 is 0. The number of anilines is 1. The van der Waals surface area contributed by atoms with Crippen LogP contribution in [0, 0.1) is 0 Å². The number of aromatic nitrogens is 4. The molecule has 2 rings (SSSR count). The molecule has 2 heterocycles. The van der Waals surface area contributed by atoms with Crippen LogP contribution >= 0.6 is 0 Å². The van der Waals surface area contributed by atoms with Crippen molar-refractivity contribution >= 4 is 11.8 Å². The number of nitrogen functional groups attached to an aromatic ring is 1. The summed E-state index contributed by atoms with van der Waals surface area (Å²) in [6.45, 7) is 0.509. The molecule has 0 aliphatic carbocycles. The highest BCUT2D eigenvalue weighted by Gasteiger charge is 2.16. The largest absolute Gasteiger partial charge is 0.464 e. The van der Waals surface area contributed by atoms with Crippen LogP contribution in [0.25, 0.3) is 0 Å². The zero-order valence-electron chi connectivity index (χ0n) is 9.16. The van der Waals surface area contributed by atoms with Crippen molar-refractivity contribution in [3.8, 4) is 0 Å². The number of esters is 1. The van der Waals surface area contributed by atoms with E-state index in [1.807, 2.05) is 0 Å². The number of carbonyl (C=O) groups is 1. The number of hydrogen-bond acceptors (Lipinski definition) is 7. The van der Waals surface area contributed by atoms with Crippen LogP contribution in [0.2, 0.25) is 0 Å². The third-order valence-corrected chi connectivity index (χ3v) is 2.24. The standard InChI is InChI=1S/C9H11N5O3/c1-16-9(15)7-8(10)14(4-11-7)3-2-6-12-5-17-13-6/h4-5H,2-3,10H2,1H3. The fourth-order valence-electron chi connectivity index (χ4n) is 1.35. The van der Waals surface area contributed by atoms with Gasteiger partial charge in [0.05, 0.1) is 13.4 Å². The molecule has 0 spiro atoms. The number of nitrogens with zero attached hydrogens (tertiary/aromatic N) is 4. The second-order valence-corrected chi connectivity index (χ2v) is 3.26. The Labute approximate surface area is 96.4 Å². The van der Waals surface area contributed by atoms with Gasteiger partial charge in [0.15, 0.2) is 11.5 Å². The smallest absolute Gasteiger partial charge is 0.360 e. The number of hydrogen-bond donors (Lipinski definition) is 1. The Morgan fingerprint density at radius 2 is 2.41 bits per heavy atom. The highest BCUT2D eigenvalue weighted by atomic mass is 16.5. The van der Waals surface area contributed by atoms with Crippen LogP contribution in [0.3, 0.4) is 0 Å². The highest BCUT2D eigenvalue weighted by molar-refractivity contribution is 5.91. The first-order chi connectivity index (χ1) is 8.22. The van der Waals surface area contributed by atoms with Gasteiger partial charge in [-0.1, -0.05) is 5.16 Å². The number of aryl methyl sites for hydroxylation is 2. The van der Waals surface area contributed by atoms with Crippen molar-refractivity contribution in [3.05, 3.63) is 24.2 Å². The summed E-state index contributed by atoms with van der Waals surface area (Å²) < 4.78 is 10.8. The van der Waals surface area contributed by atoms with Crippen LogP contribution in [0.15, 0.2) is 17.2 Å². The second-order valence-electron chi connectivity index (χ2n) is 3.26. The van der Waals surface area contributed by atoms with E-state index < -0.39 is 5.97 Å². The first kappa shape index (κ1) is 11.1. The van der Waals surface area contributed by atoms with Crippen LogP contribution in [-0.4, -0.2) is 32.8 Å². The van der Waals surface area contributed by atoms with Gasteiger partial charge in [-0.2, -0.15) is 4.98 Å². The molecule has 0 atom stereocenters. The summed E-state index contributed by atoms with van der Waals surface area (Å²) in [5, 5.41) is 3.67. The molecular weight excluding hydrogens is 226 g/mol. The minimum atomic E-state index is -0.555. The minimum absolute atomic E-state index is 0.112. The normalized spacial score (nSPS) is 10.4. The Kier molecular flexibility index (Phi) is 3.03. The Bertz CT molecular complexity index is 505. The van der Waals surface area contributed by atoms with Crippen LogP contribution in [-0.2, 0) is 17.7 Å². The Balaban J connectivity index is 2.07. The highest BCUT2D eigenvalue weighted by Crippen LogP contribution is 2.11. The number of carbonyl (C=O) groups excluding carboxylic acids is 1. The van der Waals surface area contributed by atoms with Gasteiger partial charge in [-0.3, -0.25) is 0 Å². The number of imidazole rings is 1. The Morgan fingerprint density at radius 1 is 1.59 bits per heavy atom. The molecule has 0 amide bonds. The molecule has 0 aromatic carbocycles. The minimum Gasteiger partial charge on any atom is -0.464 e. The Hall–Kier alpha value is -2.38. The van der Waals surface area contributed by atoms with E-state index in [9.17, 15) is 4.79 Å². The van der Waals surface area contributed by atoms with Crippen molar-refractivity contribution in [2.24, 2.45) is 0 Å². The molecule has 0 unspecified atom stereocenters. The molecule has 2 aromatic heterocycles. The van der Waals surface area contributed by atoms with Crippen molar-refractivity contribution in [2.45, 2.75) is 13.0 Å². The van der Waals surface area contributed by atoms with Crippen LogP contribution in [0.5, 0.6) is 0 Å². The van der Waals surface area contributed by atoms with E-state index in [4.69, 9.17) is 5.73 Å². The first-order valence-corrected chi connectivity index (χ1v) is 4.86. The van der Waals surface area contributed by atoms with Crippen molar-refractivity contribution in [1.29, 1.82) is 0 Å². The lowest BCUT2D eigenvalue weighted by atomic mass is 10.4. The van der Waals surface area contributed by atoms with Gasteiger partial charge in [-0.25, -0.2) is 9.78 Å². The lowest BCUT2D eigenvalue weighted by Crippen LogP contribution is -2.09. The van der Waals surface area contributed by atoms with E-state index in [1.165, 1.54) is 19.8 Å². The lowest BCUT2D eigenvalue weighted by Gasteiger charge is -2.02. The summed E-state index contributed by atoms with van der Waals surface area (Å²) in [5.74, 6) is 0.277. The van der Waals surface area contributed by atoms with Crippen LogP contribution in [0.1, 0.15) is 16.3 Å². The van der Waals surface area contributed by atoms with Crippen molar-refractivity contribution in [1.82, 2.24) is 19.7 Å². The van der Waals surface area contributed by atoms with E-state index in [1.54, 1.807) is 4.57 Å². The number of ether oxygens (including phenoxy) is 1. The predicted molar refractivity (Wildman–Crippen MR) is 56.0 cm³/mol. The van der Waals surface area contributed by atoms with Gasteiger partial charge >= 0.3 is 5.97 Å². The molecule has 2 N–H and O–H groups in total. The van der Waals surface area contributed by atoms with Gasteiger partial charge < -0.3 is 19.6 Å². The van der Waals surface area contributed by atoms with E-state index in [0.717, 1.165) is 0 Å². The monoisotopic (exact) mass is 237 g/mol. The van der Waals surface area contributed by atoms with Gasteiger partial charge in [-0.05, 0) is 0 Å². The average Bonchev–Trinajstić information content (AvgIpc) is 2.95. The molecule has 0 radical (unpaired) electrons. The summed E-state index contributed by atoms with van der Waals surface area (Å²) in [6.07, 6.45) is 3.27. The third-order valence-electron chi connectivity index (χ3n) is 2.24. The van der Waals surface area contributed by atoms with E-state index in [0.29, 0.717) is 18.8 Å². The fraction of sp³-hybridized carbons (Fsp3) is 0.333. The quantitative estimate of drug-likeness (QED) is 0.738. The zero-order valence-corrected chi connectivity index (χ0v) is 9.16. The average molecular weight is 237 g/mol. The van der Waals surface area contributed by atoms with Gasteiger partial charge in [-0.15, -0.1) is 0 Å². The molecule has 0 fully saturated rings. The zero-order chi connectivity index (χ0) is 12.3. The van der Waals surface area contributed by atoms with Gasteiger partial charge in [0.25, 0.3) is 0 Å². The summed E-state index contributed by atoms with van der Waals surface area (Å²) in [4.78, 5) is 19.0. The Morgan fingerprint density at radius 3 is 3.06 bits per heavy atom. The van der Waals surface area contributed by atoms with Crippen LogP contribution in [0.4, 0.5) is 5.82 Å². The molecule has 2 aromatic rings. The molecule has 0 saturated heterocycles. The van der Waals surface area contributed by atoms with Crippen LogP contribution < -0.4 is 5.73 Å². The van der Waals surface area contributed by atoms with Gasteiger partial charge in [0.2, 0.25) is 6.39 Å². The molecule has 0 saturated carbocycles. The topological polar surface area (TPSA) is 109 Å². The fourth-order valence-corrected chi connectivity index (χ4v) is 1.35. The van der Waals surface area contributed by atoms with E-state index >= 15 is 0 Å². The maximum atomic E-state index is 11.3. The molecular formula is C9H11N5O3. The SMILES string of the molecule is COC(=O)c1ncn(CCc2ncon2)c1N. The second kappa shape index (κ2) is 4.64. The molecule has 8 nitrogen and oxygen atoms in total. The first-order valence-electron chi connectivity index (χ1n) is 4.86. The molecule has 90 valence electrons. The molecule has 17 heavy (non-hydrogen) atoms. The molecule has 0 bridgehead atoms. The molecule has 8 heteroatoms. The lowest BCUT2D eigenvalue weighted by molar-refractivity contribution is 0.0596. The number of rotatable bonds is 4. The van der Waals surface area contributed by atoms with Crippen molar-refractivity contribution in [2.75, 3.05) is 12.8 Å². The predicted octanol–water partition coefficient (Wildman–Crippen LogP) is -0.122. The van der Waals surface area contributed by atoms with Crippen molar-refractivity contribution in [3.63, 3.8) is 0 Å². The van der Waals surface area contributed by atoms with Crippen molar-refractivity contribution < 1.29 is 14.1 Å². The summed E-state index contributed by atoms with van der Waals surface area (Å²) in [7, 11) is 1.28. The third kappa shape index (κ3) is 2.25. The summed E-state index contributed by atoms with van der Waals surface area (Å²) in [6, 6.07) is 0. The maximum absolute atomic E-state index is 11.3.